The second-order valence-electron chi connectivity index (χ2n) is 5.54. The monoisotopic (exact) mass is 296 g/mol. The Morgan fingerprint density at radius 3 is 2.80 bits per heavy atom. The van der Waals surface area contributed by atoms with Crippen LogP contribution >= 0.6 is 11.3 Å². The molecule has 0 aliphatic carbocycles. The predicted octanol–water partition coefficient (Wildman–Crippen LogP) is 2.35. The maximum atomic E-state index is 4.93. The first-order valence-corrected chi connectivity index (χ1v) is 8.69. The molecule has 20 heavy (non-hydrogen) atoms. The zero-order valence-electron chi connectivity index (χ0n) is 13.1. The number of hydrogen-bond acceptors (Lipinski definition) is 5. The van der Waals surface area contributed by atoms with Crippen LogP contribution in [0.2, 0.25) is 0 Å². The van der Waals surface area contributed by atoms with Crippen LogP contribution in [0.3, 0.4) is 0 Å². The van der Waals surface area contributed by atoms with E-state index in [9.17, 15) is 0 Å². The number of nitrogens with one attached hydrogen (secondary N) is 1. The molecule has 114 valence electrons. The number of hydrogen-bond donors (Lipinski definition) is 1. The van der Waals surface area contributed by atoms with E-state index in [-0.39, 0.29) is 0 Å². The van der Waals surface area contributed by atoms with E-state index in [0.29, 0.717) is 0 Å². The number of likely N-dealkylation sites (N-methyl/N-ethyl adjacent to an activating group) is 1. The van der Waals surface area contributed by atoms with Crippen molar-refractivity contribution in [2.45, 2.75) is 39.7 Å². The number of nitrogens with zero attached hydrogens (tertiary/aromatic N) is 3. The zero-order chi connectivity index (χ0) is 14.4. The van der Waals surface area contributed by atoms with Crippen LogP contribution in [0.15, 0.2) is 0 Å². The zero-order valence-corrected chi connectivity index (χ0v) is 13.9. The molecule has 0 amide bonds. The lowest BCUT2D eigenvalue weighted by Gasteiger charge is -2.19. The third kappa shape index (κ3) is 4.17. The molecule has 4 nitrogen and oxygen atoms in total. The van der Waals surface area contributed by atoms with Gasteiger partial charge in [0.15, 0.2) is 5.13 Å². The Kier molecular flexibility index (Phi) is 6.26. The second-order valence-corrected chi connectivity index (χ2v) is 6.60. The molecular formula is C15H28N4S. The number of thiazole rings is 1. The first-order chi connectivity index (χ1) is 9.74. The molecule has 0 radical (unpaired) electrons. The van der Waals surface area contributed by atoms with Crippen molar-refractivity contribution in [1.82, 2.24) is 15.2 Å². The molecule has 2 heterocycles. The Morgan fingerprint density at radius 1 is 1.20 bits per heavy atom. The smallest absolute Gasteiger partial charge is 0.185 e. The summed E-state index contributed by atoms with van der Waals surface area (Å²) in [6.07, 6.45) is 3.51. The van der Waals surface area contributed by atoms with Crippen molar-refractivity contribution in [2.75, 3.05) is 44.7 Å². The van der Waals surface area contributed by atoms with E-state index in [4.69, 9.17) is 4.98 Å². The predicted molar refractivity (Wildman–Crippen MR) is 87.8 cm³/mol. The van der Waals surface area contributed by atoms with Gasteiger partial charge in [-0.05, 0) is 33.0 Å². The van der Waals surface area contributed by atoms with Gasteiger partial charge in [0.1, 0.15) is 0 Å². The minimum Gasteiger partial charge on any atom is -0.347 e. The molecule has 1 fully saturated rings. The maximum Gasteiger partial charge on any atom is 0.185 e. The van der Waals surface area contributed by atoms with E-state index in [0.717, 1.165) is 39.1 Å². The molecule has 1 aromatic heterocycles. The molecule has 1 aliphatic heterocycles. The van der Waals surface area contributed by atoms with E-state index in [1.165, 1.54) is 35.1 Å². The van der Waals surface area contributed by atoms with Crippen LogP contribution in [0, 0.1) is 0 Å². The molecule has 0 spiro atoms. The molecule has 1 N–H and O–H groups in total. The van der Waals surface area contributed by atoms with Gasteiger partial charge in [-0.25, -0.2) is 4.98 Å². The third-order valence-electron chi connectivity index (χ3n) is 3.78. The van der Waals surface area contributed by atoms with E-state index in [1.54, 1.807) is 0 Å². The Hall–Kier alpha value is -0.650. The lowest BCUT2D eigenvalue weighted by Crippen LogP contribution is -2.28. The van der Waals surface area contributed by atoms with Crippen molar-refractivity contribution in [3.63, 3.8) is 0 Å². The Balaban J connectivity index is 2.09. The average molecular weight is 296 g/mol. The molecule has 0 aromatic carbocycles. The summed E-state index contributed by atoms with van der Waals surface area (Å²) in [5.74, 6) is 0. The first-order valence-electron chi connectivity index (χ1n) is 7.87. The molecule has 1 aromatic rings. The fourth-order valence-electron chi connectivity index (χ4n) is 2.55. The highest BCUT2D eigenvalue weighted by Crippen LogP contribution is 2.28. The van der Waals surface area contributed by atoms with Gasteiger partial charge in [0, 0.05) is 31.1 Å². The van der Waals surface area contributed by atoms with E-state index in [2.05, 4.69) is 36.0 Å². The molecule has 0 bridgehead atoms. The summed E-state index contributed by atoms with van der Waals surface area (Å²) in [5, 5.41) is 4.68. The summed E-state index contributed by atoms with van der Waals surface area (Å²) >= 11 is 1.89. The van der Waals surface area contributed by atoms with Gasteiger partial charge in [0.05, 0.1) is 5.69 Å². The molecule has 2 rings (SSSR count). The molecule has 1 aliphatic rings. The fraction of sp³-hybridized carbons (Fsp3) is 0.800. The lowest BCUT2D eigenvalue weighted by molar-refractivity contribution is 0.360. The lowest BCUT2D eigenvalue weighted by atomic mass is 10.2. The number of anilines is 1. The SMILES string of the molecule is CCCc1nc(N2CCCN(C)CC2)sc1CNCC. The number of rotatable bonds is 6. The fourth-order valence-corrected chi connectivity index (χ4v) is 3.68. The molecular weight excluding hydrogens is 268 g/mol. The van der Waals surface area contributed by atoms with Gasteiger partial charge in [-0.3, -0.25) is 0 Å². The maximum absolute atomic E-state index is 4.93. The van der Waals surface area contributed by atoms with Gasteiger partial charge in [-0.1, -0.05) is 20.3 Å². The minimum atomic E-state index is 0.969. The number of aryl methyl sites for hydroxylation is 1. The highest BCUT2D eigenvalue weighted by atomic mass is 32.1. The molecule has 0 unspecified atom stereocenters. The van der Waals surface area contributed by atoms with Gasteiger partial charge in [-0.15, -0.1) is 11.3 Å². The van der Waals surface area contributed by atoms with Crippen LogP contribution in [0.4, 0.5) is 5.13 Å². The van der Waals surface area contributed by atoms with Crippen molar-refractivity contribution >= 4 is 16.5 Å². The van der Waals surface area contributed by atoms with Crippen LogP contribution in [0.25, 0.3) is 0 Å². The summed E-state index contributed by atoms with van der Waals surface area (Å²) in [7, 11) is 2.21. The van der Waals surface area contributed by atoms with Gasteiger partial charge in [0.25, 0.3) is 0 Å². The third-order valence-corrected chi connectivity index (χ3v) is 4.94. The van der Waals surface area contributed by atoms with E-state index < -0.39 is 0 Å². The van der Waals surface area contributed by atoms with Crippen molar-refractivity contribution in [1.29, 1.82) is 0 Å². The van der Waals surface area contributed by atoms with Crippen LogP contribution in [-0.2, 0) is 13.0 Å². The number of aromatic nitrogens is 1. The minimum absolute atomic E-state index is 0.969. The van der Waals surface area contributed by atoms with Crippen molar-refractivity contribution in [3.8, 4) is 0 Å². The summed E-state index contributed by atoms with van der Waals surface area (Å²) in [4.78, 5) is 11.3. The molecule has 5 heteroatoms. The summed E-state index contributed by atoms with van der Waals surface area (Å²) in [6.45, 7) is 11.0. The summed E-state index contributed by atoms with van der Waals surface area (Å²) in [6, 6.07) is 0. The van der Waals surface area contributed by atoms with E-state index >= 15 is 0 Å². The van der Waals surface area contributed by atoms with Gasteiger partial charge in [-0.2, -0.15) is 0 Å². The van der Waals surface area contributed by atoms with Gasteiger partial charge < -0.3 is 15.1 Å². The Bertz CT molecular complexity index is 405. The van der Waals surface area contributed by atoms with Crippen molar-refractivity contribution in [3.05, 3.63) is 10.6 Å². The van der Waals surface area contributed by atoms with Crippen LogP contribution in [0.5, 0.6) is 0 Å². The highest BCUT2D eigenvalue weighted by molar-refractivity contribution is 7.15. The normalized spacial score (nSPS) is 17.4. The molecule has 0 atom stereocenters. The topological polar surface area (TPSA) is 31.4 Å². The summed E-state index contributed by atoms with van der Waals surface area (Å²) in [5.41, 5.74) is 1.31. The Labute approximate surface area is 127 Å². The standard InChI is InChI=1S/C15H28N4S/c1-4-7-13-14(12-16-5-2)20-15(17-13)19-9-6-8-18(3)10-11-19/h16H,4-12H2,1-3H3. The van der Waals surface area contributed by atoms with Crippen molar-refractivity contribution in [2.24, 2.45) is 0 Å². The average Bonchev–Trinajstić information content (AvgIpc) is 2.70. The van der Waals surface area contributed by atoms with Gasteiger partial charge in [0.2, 0.25) is 0 Å². The quantitative estimate of drug-likeness (QED) is 0.873. The van der Waals surface area contributed by atoms with Crippen LogP contribution in [0.1, 0.15) is 37.3 Å². The Morgan fingerprint density at radius 2 is 2.05 bits per heavy atom. The largest absolute Gasteiger partial charge is 0.347 e. The molecule has 1 saturated heterocycles. The van der Waals surface area contributed by atoms with Crippen molar-refractivity contribution < 1.29 is 0 Å². The summed E-state index contributed by atoms with van der Waals surface area (Å²) < 4.78 is 0. The van der Waals surface area contributed by atoms with Crippen LogP contribution in [-0.4, -0.2) is 49.7 Å². The van der Waals surface area contributed by atoms with Crippen LogP contribution < -0.4 is 10.2 Å². The highest BCUT2D eigenvalue weighted by Gasteiger charge is 2.18. The van der Waals surface area contributed by atoms with E-state index in [1.807, 2.05) is 11.3 Å². The van der Waals surface area contributed by atoms with Gasteiger partial charge >= 0.3 is 0 Å². The second kappa shape index (κ2) is 7.96. The molecule has 0 saturated carbocycles. The first kappa shape index (κ1) is 15.7.